The van der Waals surface area contributed by atoms with Gasteiger partial charge in [-0.2, -0.15) is 15.3 Å². The minimum Gasteiger partial charge on any atom is -0.265 e. The molecule has 5 rings (SSSR count). The largest absolute Gasteiger partial charge is 0.295 e. The zero-order valence-electron chi connectivity index (χ0n) is 20.1. The lowest BCUT2D eigenvalue weighted by Gasteiger charge is -2.14. The van der Waals surface area contributed by atoms with Gasteiger partial charge >= 0.3 is 0 Å². The van der Waals surface area contributed by atoms with Crippen molar-refractivity contribution in [2.24, 2.45) is 0 Å². The minimum atomic E-state index is -0.241. The maximum absolute atomic E-state index is 12.7. The summed E-state index contributed by atoms with van der Waals surface area (Å²) in [5, 5.41) is 19.2. The number of H-pyrrole nitrogens is 1. The number of benzene rings is 3. The lowest BCUT2D eigenvalue weighted by Crippen LogP contribution is -2.26. The van der Waals surface area contributed by atoms with Crippen LogP contribution in [-0.2, 0) is 19.4 Å². The third-order valence-corrected chi connectivity index (χ3v) is 6.10. The molecule has 0 bridgehead atoms. The Morgan fingerprint density at radius 2 is 1.61 bits per heavy atom. The van der Waals surface area contributed by atoms with Crippen LogP contribution in [0, 0.1) is 0 Å². The number of rotatable bonds is 9. The number of hydrogen-bond acceptors (Lipinski definition) is 6. The van der Waals surface area contributed by atoms with Crippen LogP contribution in [0.2, 0.25) is 0 Å². The van der Waals surface area contributed by atoms with Crippen LogP contribution in [0.5, 0.6) is 0 Å². The summed E-state index contributed by atoms with van der Waals surface area (Å²) in [7, 11) is 0. The van der Waals surface area contributed by atoms with Gasteiger partial charge in [0.2, 0.25) is 5.82 Å². The number of hydrogen-bond donors (Lipinski definition) is 1. The molecule has 0 saturated carbocycles. The fourth-order valence-electron chi connectivity index (χ4n) is 4.20. The first-order chi connectivity index (χ1) is 17.7. The molecule has 8 heteroatoms. The Kier molecular flexibility index (Phi) is 7.02. The highest BCUT2D eigenvalue weighted by Gasteiger charge is 2.13. The standard InChI is InChI=1S/C28H27N7O/c1-2-3-13-26-29-28(36)25(18-20-9-5-4-6-10-20)32-35(26)19-21-14-16-22(17-15-21)23-11-7-8-12-24(23)27-30-33-34-31-27/h4-12,14-17H,2-3,13,18-19H2,1H3,(H,30,31,33,34). The Labute approximate surface area is 209 Å². The number of aryl methyl sites for hydroxylation is 1. The summed E-state index contributed by atoms with van der Waals surface area (Å²) < 4.78 is 1.89. The molecular weight excluding hydrogens is 450 g/mol. The summed E-state index contributed by atoms with van der Waals surface area (Å²) in [6.07, 6.45) is 3.17. The van der Waals surface area contributed by atoms with Gasteiger partial charge in [-0.3, -0.25) is 4.79 Å². The van der Waals surface area contributed by atoms with Gasteiger partial charge in [0, 0.05) is 18.4 Å². The third kappa shape index (κ3) is 5.27. The van der Waals surface area contributed by atoms with E-state index < -0.39 is 0 Å². The predicted octanol–water partition coefficient (Wildman–Crippen LogP) is 4.47. The molecule has 0 aliphatic rings. The number of nitrogens with zero attached hydrogens (tertiary/aromatic N) is 6. The molecule has 5 aromatic rings. The Morgan fingerprint density at radius 1 is 0.861 bits per heavy atom. The summed E-state index contributed by atoms with van der Waals surface area (Å²) in [5.74, 6) is 1.29. The van der Waals surface area contributed by atoms with E-state index in [9.17, 15) is 4.79 Å². The van der Waals surface area contributed by atoms with E-state index in [2.05, 4.69) is 56.8 Å². The van der Waals surface area contributed by atoms with E-state index in [1.807, 2.05) is 59.3 Å². The van der Waals surface area contributed by atoms with Gasteiger partial charge in [-0.15, -0.1) is 10.2 Å². The van der Waals surface area contributed by atoms with Crippen LogP contribution in [0.1, 0.15) is 42.4 Å². The summed E-state index contributed by atoms with van der Waals surface area (Å²) in [5.41, 5.74) is 5.35. The number of tetrazole rings is 1. The summed E-state index contributed by atoms with van der Waals surface area (Å²) in [6.45, 7) is 2.67. The molecule has 0 aliphatic carbocycles. The molecule has 0 radical (unpaired) electrons. The molecule has 0 spiro atoms. The number of aromatic amines is 1. The molecule has 2 aromatic heterocycles. The van der Waals surface area contributed by atoms with Crippen LogP contribution in [0.4, 0.5) is 0 Å². The maximum Gasteiger partial charge on any atom is 0.295 e. The second kappa shape index (κ2) is 10.9. The molecule has 0 aliphatic heterocycles. The van der Waals surface area contributed by atoms with Gasteiger partial charge in [0.25, 0.3) is 5.56 Å². The van der Waals surface area contributed by atoms with Crippen LogP contribution in [0.15, 0.2) is 83.7 Å². The smallest absolute Gasteiger partial charge is 0.265 e. The first-order valence-electron chi connectivity index (χ1n) is 12.1. The lowest BCUT2D eigenvalue weighted by atomic mass is 9.98. The number of aromatic nitrogens is 7. The Bertz CT molecular complexity index is 1480. The molecule has 0 fully saturated rings. The van der Waals surface area contributed by atoms with Crippen molar-refractivity contribution < 1.29 is 0 Å². The van der Waals surface area contributed by atoms with E-state index in [4.69, 9.17) is 5.10 Å². The van der Waals surface area contributed by atoms with E-state index in [1.165, 1.54) is 0 Å². The van der Waals surface area contributed by atoms with E-state index in [0.717, 1.165) is 52.9 Å². The fourth-order valence-corrected chi connectivity index (χ4v) is 4.20. The minimum absolute atomic E-state index is 0.241. The summed E-state index contributed by atoms with van der Waals surface area (Å²) >= 11 is 0. The fraction of sp³-hybridized carbons (Fsp3) is 0.214. The van der Waals surface area contributed by atoms with Crippen molar-refractivity contribution >= 4 is 0 Å². The first-order valence-corrected chi connectivity index (χ1v) is 12.1. The second-order valence-electron chi connectivity index (χ2n) is 8.68. The van der Waals surface area contributed by atoms with Crippen molar-refractivity contribution in [1.82, 2.24) is 35.4 Å². The van der Waals surface area contributed by atoms with Crippen molar-refractivity contribution in [2.45, 2.75) is 39.2 Å². The third-order valence-electron chi connectivity index (χ3n) is 6.10. The van der Waals surface area contributed by atoms with Crippen LogP contribution < -0.4 is 5.56 Å². The molecule has 8 nitrogen and oxygen atoms in total. The maximum atomic E-state index is 12.7. The van der Waals surface area contributed by atoms with Crippen LogP contribution in [-0.4, -0.2) is 35.4 Å². The molecule has 2 heterocycles. The Balaban J connectivity index is 1.43. The van der Waals surface area contributed by atoms with Crippen molar-refractivity contribution in [1.29, 1.82) is 0 Å². The molecular formula is C28H27N7O. The van der Waals surface area contributed by atoms with Crippen LogP contribution >= 0.6 is 0 Å². The summed E-state index contributed by atoms with van der Waals surface area (Å²) in [4.78, 5) is 17.2. The van der Waals surface area contributed by atoms with E-state index in [1.54, 1.807) is 0 Å². The van der Waals surface area contributed by atoms with Crippen LogP contribution in [0.3, 0.4) is 0 Å². The molecule has 0 atom stereocenters. The molecule has 0 saturated heterocycles. The van der Waals surface area contributed by atoms with Gasteiger partial charge in [0.1, 0.15) is 11.5 Å². The highest BCUT2D eigenvalue weighted by atomic mass is 16.1. The van der Waals surface area contributed by atoms with Gasteiger partial charge < -0.3 is 0 Å². The van der Waals surface area contributed by atoms with Gasteiger partial charge in [-0.05, 0) is 33.9 Å². The average Bonchev–Trinajstić information content (AvgIpc) is 3.46. The van der Waals surface area contributed by atoms with Crippen LogP contribution in [0.25, 0.3) is 22.5 Å². The van der Waals surface area contributed by atoms with Crippen molar-refractivity contribution in [3.63, 3.8) is 0 Å². The second-order valence-corrected chi connectivity index (χ2v) is 8.68. The highest BCUT2D eigenvalue weighted by Crippen LogP contribution is 2.29. The molecule has 180 valence electrons. The zero-order chi connectivity index (χ0) is 24.7. The van der Waals surface area contributed by atoms with E-state index in [-0.39, 0.29) is 5.56 Å². The van der Waals surface area contributed by atoms with Crippen molar-refractivity contribution in [2.75, 3.05) is 0 Å². The molecule has 0 amide bonds. The monoisotopic (exact) mass is 477 g/mol. The quantitative estimate of drug-likeness (QED) is 0.336. The van der Waals surface area contributed by atoms with Gasteiger partial charge in [0.05, 0.1) is 6.54 Å². The lowest BCUT2D eigenvalue weighted by molar-refractivity contribution is 0.558. The average molecular weight is 478 g/mol. The Hall–Kier alpha value is -4.46. The SMILES string of the molecule is CCCCc1nc(=O)c(Cc2ccccc2)nn1Cc1ccc(-c2ccccc2-c2nn[nH]n2)cc1. The molecule has 1 N–H and O–H groups in total. The van der Waals surface area contributed by atoms with Gasteiger partial charge in [0.15, 0.2) is 0 Å². The summed E-state index contributed by atoms with van der Waals surface area (Å²) in [6, 6.07) is 26.2. The highest BCUT2D eigenvalue weighted by molar-refractivity contribution is 5.80. The molecule has 36 heavy (non-hydrogen) atoms. The number of nitrogens with one attached hydrogen (secondary N) is 1. The zero-order valence-corrected chi connectivity index (χ0v) is 20.1. The predicted molar refractivity (Wildman–Crippen MR) is 138 cm³/mol. The van der Waals surface area contributed by atoms with Crippen molar-refractivity contribution in [3.8, 4) is 22.5 Å². The normalized spacial score (nSPS) is 11.0. The topological polar surface area (TPSA) is 102 Å². The van der Waals surface area contributed by atoms with Gasteiger partial charge in [-0.1, -0.05) is 92.2 Å². The van der Waals surface area contributed by atoms with E-state index >= 15 is 0 Å². The number of unbranched alkanes of at least 4 members (excludes halogenated alkanes) is 1. The molecule has 3 aromatic carbocycles. The first kappa shape index (κ1) is 23.3. The Morgan fingerprint density at radius 3 is 2.33 bits per heavy atom. The van der Waals surface area contributed by atoms with Gasteiger partial charge in [-0.25, -0.2) is 4.68 Å². The van der Waals surface area contributed by atoms with Crippen molar-refractivity contribution in [3.05, 3.63) is 112 Å². The van der Waals surface area contributed by atoms with E-state index in [0.29, 0.717) is 24.5 Å². The molecule has 0 unspecified atom stereocenters.